The second kappa shape index (κ2) is 6.97. The van der Waals surface area contributed by atoms with E-state index in [0.29, 0.717) is 12.0 Å². The highest BCUT2D eigenvalue weighted by atomic mass is 16.2. The maximum absolute atomic E-state index is 12.0. The minimum absolute atomic E-state index is 0.0805. The predicted octanol–water partition coefficient (Wildman–Crippen LogP) is 0.877. The second-order valence-electron chi connectivity index (χ2n) is 5.14. The lowest BCUT2D eigenvalue weighted by Crippen LogP contribution is -2.60. The number of hydrogen-bond acceptors (Lipinski definition) is 3. The number of piperazine rings is 1. The molecule has 1 amide bonds. The van der Waals surface area contributed by atoms with Crippen LogP contribution in [-0.2, 0) is 4.79 Å². The third-order valence-corrected chi connectivity index (χ3v) is 3.78. The van der Waals surface area contributed by atoms with Gasteiger partial charge < -0.3 is 16.0 Å². The van der Waals surface area contributed by atoms with Crippen molar-refractivity contribution in [3.8, 4) is 0 Å². The van der Waals surface area contributed by atoms with Crippen LogP contribution in [0.4, 0.5) is 0 Å². The molecule has 0 spiro atoms. The Balaban J connectivity index is 2.38. The molecule has 0 aromatic rings. The molecular weight excluding hydrogens is 214 g/mol. The predicted molar refractivity (Wildman–Crippen MR) is 70.9 cm³/mol. The van der Waals surface area contributed by atoms with Crippen LogP contribution in [0, 0.1) is 5.92 Å². The largest absolute Gasteiger partial charge is 0.352 e. The smallest absolute Gasteiger partial charge is 0.238 e. The van der Waals surface area contributed by atoms with Crippen LogP contribution >= 0.6 is 0 Å². The lowest BCUT2D eigenvalue weighted by molar-refractivity contribution is -0.124. The van der Waals surface area contributed by atoms with Gasteiger partial charge in [-0.1, -0.05) is 26.7 Å². The first-order valence-electron chi connectivity index (χ1n) is 6.85. The molecule has 0 saturated carbocycles. The van der Waals surface area contributed by atoms with Crippen molar-refractivity contribution in [1.29, 1.82) is 0 Å². The topological polar surface area (TPSA) is 53.2 Å². The van der Waals surface area contributed by atoms with Crippen molar-refractivity contribution in [3.05, 3.63) is 0 Å². The van der Waals surface area contributed by atoms with Crippen LogP contribution in [0.25, 0.3) is 0 Å². The summed E-state index contributed by atoms with van der Waals surface area (Å²) in [5.74, 6) is 0.707. The molecule has 100 valence electrons. The molecule has 1 fully saturated rings. The highest BCUT2D eigenvalue weighted by Crippen LogP contribution is 2.12. The zero-order valence-electron chi connectivity index (χ0n) is 11.5. The maximum atomic E-state index is 12.0. The molecule has 0 aliphatic carbocycles. The van der Waals surface area contributed by atoms with Gasteiger partial charge >= 0.3 is 0 Å². The van der Waals surface area contributed by atoms with E-state index < -0.39 is 0 Å². The van der Waals surface area contributed by atoms with Gasteiger partial charge in [0.1, 0.15) is 0 Å². The standard InChI is InChI=1S/C13H27N3O/c1-5-11(6-2)10(4)16-13(17)12-8-14-9(3)7-15-12/h9-12,14-15H,5-8H2,1-4H3,(H,16,17). The number of carbonyl (C=O) groups excluding carboxylic acids is 1. The second-order valence-corrected chi connectivity index (χ2v) is 5.14. The van der Waals surface area contributed by atoms with E-state index >= 15 is 0 Å². The monoisotopic (exact) mass is 241 g/mol. The van der Waals surface area contributed by atoms with Crippen molar-refractivity contribution in [2.45, 2.75) is 58.7 Å². The van der Waals surface area contributed by atoms with Gasteiger partial charge in [0.25, 0.3) is 0 Å². The molecule has 3 atom stereocenters. The van der Waals surface area contributed by atoms with Gasteiger partial charge in [-0.3, -0.25) is 4.79 Å². The molecule has 0 radical (unpaired) electrons. The summed E-state index contributed by atoms with van der Waals surface area (Å²) < 4.78 is 0. The summed E-state index contributed by atoms with van der Waals surface area (Å²) in [7, 11) is 0. The van der Waals surface area contributed by atoms with Gasteiger partial charge in [0, 0.05) is 25.2 Å². The van der Waals surface area contributed by atoms with Crippen molar-refractivity contribution in [2.24, 2.45) is 5.92 Å². The Bertz CT molecular complexity index is 233. The van der Waals surface area contributed by atoms with E-state index in [1.165, 1.54) is 0 Å². The highest BCUT2D eigenvalue weighted by molar-refractivity contribution is 5.82. The summed E-state index contributed by atoms with van der Waals surface area (Å²) in [6.45, 7) is 10.2. The zero-order valence-corrected chi connectivity index (χ0v) is 11.5. The first kappa shape index (κ1) is 14.5. The Kier molecular flexibility index (Phi) is 5.92. The van der Waals surface area contributed by atoms with Crippen LogP contribution in [0.15, 0.2) is 0 Å². The number of amides is 1. The summed E-state index contributed by atoms with van der Waals surface area (Å²) in [6.07, 6.45) is 2.23. The summed E-state index contributed by atoms with van der Waals surface area (Å²) in [4.78, 5) is 12.0. The van der Waals surface area contributed by atoms with Crippen LogP contribution in [0.2, 0.25) is 0 Å². The van der Waals surface area contributed by atoms with Crippen LogP contribution in [0.3, 0.4) is 0 Å². The summed E-state index contributed by atoms with van der Waals surface area (Å²) in [5, 5.41) is 9.72. The SMILES string of the molecule is CCC(CC)C(C)NC(=O)C1CNC(C)CN1. The van der Waals surface area contributed by atoms with Gasteiger partial charge in [0.05, 0.1) is 6.04 Å². The van der Waals surface area contributed by atoms with Gasteiger partial charge in [-0.2, -0.15) is 0 Å². The Morgan fingerprint density at radius 2 is 1.94 bits per heavy atom. The van der Waals surface area contributed by atoms with Gasteiger partial charge in [0.15, 0.2) is 0 Å². The molecule has 1 rings (SSSR count). The average molecular weight is 241 g/mol. The quantitative estimate of drug-likeness (QED) is 0.670. The average Bonchev–Trinajstić information content (AvgIpc) is 2.31. The molecule has 17 heavy (non-hydrogen) atoms. The van der Waals surface area contributed by atoms with Crippen molar-refractivity contribution in [2.75, 3.05) is 13.1 Å². The Hall–Kier alpha value is -0.610. The number of rotatable bonds is 5. The third-order valence-electron chi connectivity index (χ3n) is 3.78. The van der Waals surface area contributed by atoms with Crippen LogP contribution in [0.1, 0.15) is 40.5 Å². The van der Waals surface area contributed by atoms with E-state index in [2.05, 4.69) is 43.6 Å². The molecule has 0 bridgehead atoms. The first-order valence-corrected chi connectivity index (χ1v) is 6.85. The van der Waals surface area contributed by atoms with Crippen LogP contribution in [0.5, 0.6) is 0 Å². The van der Waals surface area contributed by atoms with Gasteiger partial charge in [-0.15, -0.1) is 0 Å². The van der Waals surface area contributed by atoms with Crippen LogP contribution < -0.4 is 16.0 Å². The molecule has 4 heteroatoms. The van der Waals surface area contributed by atoms with Gasteiger partial charge in [0.2, 0.25) is 5.91 Å². The van der Waals surface area contributed by atoms with Gasteiger partial charge in [-0.25, -0.2) is 0 Å². The lowest BCUT2D eigenvalue weighted by atomic mass is 9.95. The van der Waals surface area contributed by atoms with Crippen LogP contribution in [-0.4, -0.2) is 37.1 Å². The van der Waals surface area contributed by atoms with E-state index in [9.17, 15) is 4.79 Å². The molecule has 3 N–H and O–H groups in total. The molecule has 1 aliphatic rings. The van der Waals surface area contributed by atoms with Gasteiger partial charge in [-0.05, 0) is 19.8 Å². The molecule has 4 nitrogen and oxygen atoms in total. The molecular formula is C13H27N3O. The Morgan fingerprint density at radius 3 is 2.41 bits per heavy atom. The van der Waals surface area contributed by atoms with E-state index in [-0.39, 0.29) is 18.0 Å². The minimum atomic E-state index is -0.0805. The van der Waals surface area contributed by atoms with Crippen molar-refractivity contribution in [1.82, 2.24) is 16.0 Å². The lowest BCUT2D eigenvalue weighted by Gasteiger charge is -2.30. The van der Waals surface area contributed by atoms with E-state index in [1.807, 2.05) is 0 Å². The fourth-order valence-electron chi connectivity index (χ4n) is 2.41. The summed E-state index contributed by atoms with van der Waals surface area (Å²) in [5.41, 5.74) is 0. The van der Waals surface area contributed by atoms with Crippen molar-refractivity contribution >= 4 is 5.91 Å². The molecule has 1 aliphatic heterocycles. The van der Waals surface area contributed by atoms with E-state index in [4.69, 9.17) is 0 Å². The molecule has 1 heterocycles. The van der Waals surface area contributed by atoms with E-state index in [0.717, 1.165) is 25.9 Å². The number of hydrogen-bond donors (Lipinski definition) is 3. The molecule has 1 saturated heterocycles. The molecule has 0 aromatic carbocycles. The fourth-order valence-corrected chi connectivity index (χ4v) is 2.41. The minimum Gasteiger partial charge on any atom is -0.352 e. The Morgan fingerprint density at radius 1 is 1.29 bits per heavy atom. The third kappa shape index (κ3) is 4.28. The molecule has 3 unspecified atom stereocenters. The molecule has 0 aromatic heterocycles. The highest BCUT2D eigenvalue weighted by Gasteiger charge is 2.25. The number of carbonyl (C=O) groups is 1. The maximum Gasteiger partial charge on any atom is 0.238 e. The fraction of sp³-hybridized carbons (Fsp3) is 0.923. The summed E-state index contributed by atoms with van der Waals surface area (Å²) >= 11 is 0. The van der Waals surface area contributed by atoms with Crippen molar-refractivity contribution in [3.63, 3.8) is 0 Å². The normalized spacial score (nSPS) is 26.9. The first-order chi connectivity index (χ1) is 8.08. The van der Waals surface area contributed by atoms with Crippen molar-refractivity contribution < 1.29 is 4.79 Å². The zero-order chi connectivity index (χ0) is 12.8. The Labute approximate surface area is 105 Å². The summed E-state index contributed by atoms with van der Waals surface area (Å²) in [6, 6.07) is 0.636. The number of nitrogens with one attached hydrogen (secondary N) is 3. The van der Waals surface area contributed by atoms with E-state index in [1.54, 1.807) is 0 Å².